The standard InChI is InChI=1S/C71H138O17P2/c1-8-10-11-12-28-38-45-52-68(73)81-58-66(88-71(76)55-48-41-34-27-30-36-43-50-63(5)6)60-85-89(77,78)83-56-65(72)57-84-90(79,80)86-61-67(59-82-69(74)53-46-39-32-25-22-21-24-31-37-44-51-64(7)9-2)87-70(75)54-47-40-33-26-20-18-16-14-13-15-17-19-23-29-35-42-49-62(3)4/h62-67,72H,8-61H2,1-7H3,(H,77,78)(H,79,80)/t64?,65-,66+,67+/m0/s1. The SMILES string of the molecule is CCCCCCCCCC(=O)OC[C@H](COP(=O)(O)OC[C@H](O)COP(=O)(O)OC[C@@H](COC(=O)CCCCCCCCCCCCC(C)CC)OC(=O)CCCCCCCCCCCCCCCCCCC(C)C)OC(=O)CCCCCCCCCC(C)C. The van der Waals surface area contributed by atoms with Crippen LogP contribution in [0.25, 0.3) is 0 Å². The van der Waals surface area contributed by atoms with Crippen LogP contribution >= 0.6 is 15.6 Å². The van der Waals surface area contributed by atoms with Crippen molar-refractivity contribution in [3.8, 4) is 0 Å². The normalized spacial score (nSPS) is 14.5. The van der Waals surface area contributed by atoms with Crippen molar-refractivity contribution in [3.63, 3.8) is 0 Å². The third kappa shape index (κ3) is 63.5. The fraction of sp³-hybridized carbons (Fsp3) is 0.944. The van der Waals surface area contributed by atoms with Crippen molar-refractivity contribution in [3.05, 3.63) is 0 Å². The van der Waals surface area contributed by atoms with E-state index in [4.69, 9.17) is 37.0 Å². The first-order valence-corrected chi connectivity index (χ1v) is 39.9. The molecular formula is C71H138O17P2. The minimum absolute atomic E-state index is 0.103. The van der Waals surface area contributed by atoms with Crippen LogP contribution in [0, 0.1) is 17.8 Å². The van der Waals surface area contributed by atoms with Crippen LogP contribution in [0.5, 0.6) is 0 Å². The second-order valence-corrected chi connectivity index (χ2v) is 29.7. The molecule has 0 radical (unpaired) electrons. The summed E-state index contributed by atoms with van der Waals surface area (Å²) >= 11 is 0. The number of carbonyl (C=O) groups is 4. The maximum Gasteiger partial charge on any atom is 0.472 e. The molecule has 90 heavy (non-hydrogen) atoms. The van der Waals surface area contributed by atoms with Gasteiger partial charge in [-0.05, 0) is 43.4 Å². The topological polar surface area (TPSA) is 237 Å². The van der Waals surface area contributed by atoms with Gasteiger partial charge >= 0.3 is 39.5 Å². The van der Waals surface area contributed by atoms with Gasteiger partial charge in [0, 0.05) is 25.7 Å². The summed E-state index contributed by atoms with van der Waals surface area (Å²) in [6, 6.07) is 0. The number of rotatable bonds is 69. The van der Waals surface area contributed by atoms with Crippen molar-refractivity contribution in [2.45, 2.75) is 375 Å². The number of hydrogen-bond donors (Lipinski definition) is 3. The first kappa shape index (κ1) is 88.1. The number of aliphatic hydroxyl groups is 1. The van der Waals surface area contributed by atoms with Gasteiger partial charge in [0.1, 0.15) is 19.3 Å². The van der Waals surface area contributed by atoms with E-state index in [1.807, 2.05) is 0 Å². The molecule has 0 heterocycles. The molecule has 6 atom stereocenters. The van der Waals surface area contributed by atoms with Gasteiger partial charge in [-0.1, -0.05) is 305 Å². The Labute approximate surface area is 549 Å². The lowest BCUT2D eigenvalue weighted by atomic mass is 9.99. The molecule has 0 aliphatic rings. The zero-order valence-corrected chi connectivity index (χ0v) is 60.4. The van der Waals surface area contributed by atoms with E-state index in [0.717, 1.165) is 115 Å². The van der Waals surface area contributed by atoms with Crippen LogP contribution in [-0.4, -0.2) is 96.7 Å². The van der Waals surface area contributed by atoms with Gasteiger partial charge in [0.25, 0.3) is 0 Å². The van der Waals surface area contributed by atoms with Crippen molar-refractivity contribution < 1.29 is 80.2 Å². The molecule has 0 rings (SSSR count). The summed E-state index contributed by atoms with van der Waals surface area (Å²) in [5.41, 5.74) is 0. The molecular weight excluding hydrogens is 1190 g/mol. The number of esters is 4. The third-order valence-corrected chi connectivity index (χ3v) is 18.6. The lowest BCUT2D eigenvalue weighted by molar-refractivity contribution is -0.161. The second-order valence-electron chi connectivity index (χ2n) is 26.8. The first-order valence-electron chi connectivity index (χ1n) is 36.9. The summed E-state index contributed by atoms with van der Waals surface area (Å²) < 4.78 is 68.2. The van der Waals surface area contributed by atoms with Crippen LogP contribution in [0.15, 0.2) is 0 Å². The minimum atomic E-state index is -4.95. The quantitative estimate of drug-likeness (QED) is 0.0222. The maximum absolute atomic E-state index is 13.0. The van der Waals surface area contributed by atoms with Gasteiger partial charge in [-0.15, -0.1) is 0 Å². The molecule has 0 amide bonds. The lowest BCUT2D eigenvalue weighted by Gasteiger charge is -2.21. The van der Waals surface area contributed by atoms with Gasteiger partial charge in [-0.2, -0.15) is 0 Å². The van der Waals surface area contributed by atoms with Crippen LogP contribution in [-0.2, 0) is 65.4 Å². The third-order valence-electron chi connectivity index (χ3n) is 16.7. The van der Waals surface area contributed by atoms with Crippen molar-refractivity contribution in [2.24, 2.45) is 17.8 Å². The highest BCUT2D eigenvalue weighted by atomic mass is 31.2. The molecule has 0 saturated heterocycles. The first-order chi connectivity index (χ1) is 43.3. The number of phosphoric ester groups is 2. The van der Waals surface area contributed by atoms with E-state index in [0.29, 0.717) is 31.6 Å². The Bertz CT molecular complexity index is 1770. The zero-order chi connectivity index (χ0) is 66.6. The second kappa shape index (κ2) is 61.9. The Kier molecular flexibility index (Phi) is 60.6. The summed E-state index contributed by atoms with van der Waals surface area (Å²) in [7, 11) is -9.90. The molecule has 0 aromatic carbocycles. The molecule has 19 heteroatoms. The molecule has 534 valence electrons. The number of unbranched alkanes of at least 4 members (excludes halogenated alkanes) is 36. The summed E-state index contributed by atoms with van der Waals surface area (Å²) in [6.07, 6.45) is 46.0. The van der Waals surface area contributed by atoms with E-state index in [2.05, 4.69) is 48.5 Å². The monoisotopic (exact) mass is 1320 g/mol. The lowest BCUT2D eigenvalue weighted by Crippen LogP contribution is -2.30. The molecule has 0 aromatic rings. The molecule has 0 fully saturated rings. The highest BCUT2D eigenvalue weighted by Gasteiger charge is 2.30. The number of carbonyl (C=O) groups excluding carboxylic acids is 4. The summed E-state index contributed by atoms with van der Waals surface area (Å²) in [6.45, 7) is 11.8. The van der Waals surface area contributed by atoms with Crippen LogP contribution < -0.4 is 0 Å². The van der Waals surface area contributed by atoms with Crippen molar-refractivity contribution >= 4 is 39.5 Å². The molecule has 3 unspecified atom stereocenters. The molecule has 0 bridgehead atoms. The summed E-state index contributed by atoms with van der Waals surface area (Å²) in [5, 5.41) is 10.6. The van der Waals surface area contributed by atoms with Gasteiger partial charge in [-0.25, -0.2) is 9.13 Å². The Morgan fingerprint density at radius 3 is 0.844 bits per heavy atom. The Hall–Kier alpha value is -1.94. The van der Waals surface area contributed by atoms with E-state index in [1.54, 1.807) is 0 Å². The number of hydrogen-bond acceptors (Lipinski definition) is 15. The minimum Gasteiger partial charge on any atom is -0.462 e. The number of ether oxygens (including phenoxy) is 4. The molecule has 0 spiro atoms. The van der Waals surface area contributed by atoms with Crippen LogP contribution in [0.1, 0.15) is 357 Å². The Balaban J connectivity index is 5.19. The van der Waals surface area contributed by atoms with Gasteiger partial charge in [0.05, 0.1) is 26.4 Å². The fourth-order valence-corrected chi connectivity index (χ4v) is 12.3. The molecule has 3 N–H and O–H groups in total. The van der Waals surface area contributed by atoms with Crippen LogP contribution in [0.4, 0.5) is 0 Å². The highest BCUT2D eigenvalue weighted by Crippen LogP contribution is 2.45. The van der Waals surface area contributed by atoms with Gasteiger partial charge in [0.15, 0.2) is 12.2 Å². The summed E-state index contributed by atoms with van der Waals surface area (Å²) in [5.74, 6) is 0.183. The molecule has 0 aliphatic heterocycles. The molecule has 0 saturated carbocycles. The Morgan fingerprint density at radius 1 is 0.322 bits per heavy atom. The zero-order valence-electron chi connectivity index (χ0n) is 58.6. The average Bonchev–Trinajstić information content (AvgIpc) is 3.67. The smallest absolute Gasteiger partial charge is 0.462 e. The predicted molar refractivity (Wildman–Crippen MR) is 363 cm³/mol. The number of phosphoric acid groups is 2. The van der Waals surface area contributed by atoms with Crippen LogP contribution in [0.3, 0.4) is 0 Å². The molecule has 17 nitrogen and oxygen atoms in total. The maximum atomic E-state index is 13.0. The van der Waals surface area contributed by atoms with E-state index in [-0.39, 0.29) is 25.7 Å². The van der Waals surface area contributed by atoms with Crippen molar-refractivity contribution in [2.75, 3.05) is 39.6 Å². The Morgan fingerprint density at radius 2 is 0.567 bits per heavy atom. The van der Waals surface area contributed by atoms with Crippen LogP contribution in [0.2, 0.25) is 0 Å². The van der Waals surface area contributed by atoms with Crippen molar-refractivity contribution in [1.29, 1.82) is 0 Å². The number of aliphatic hydroxyl groups excluding tert-OH is 1. The van der Waals surface area contributed by atoms with E-state index < -0.39 is 97.5 Å². The highest BCUT2D eigenvalue weighted by molar-refractivity contribution is 7.47. The largest absolute Gasteiger partial charge is 0.472 e. The van der Waals surface area contributed by atoms with E-state index in [1.165, 1.54) is 154 Å². The molecule has 0 aromatic heterocycles. The van der Waals surface area contributed by atoms with Crippen molar-refractivity contribution in [1.82, 2.24) is 0 Å². The molecule has 0 aliphatic carbocycles. The van der Waals surface area contributed by atoms with E-state index >= 15 is 0 Å². The van der Waals surface area contributed by atoms with E-state index in [9.17, 15) is 43.2 Å². The van der Waals surface area contributed by atoms with Gasteiger partial charge < -0.3 is 33.8 Å². The summed E-state index contributed by atoms with van der Waals surface area (Å²) in [4.78, 5) is 72.4. The predicted octanol–water partition coefficient (Wildman–Crippen LogP) is 20.2. The van der Waals surface area contributed by atoms with Gasteiger partial charge in [0.2, 0.25) is 0 Å². The fourth-order valence-electron chi connectivity index (χ4n) is 10.7. The van der Waals surface area contributed by atoms with Gasteiger partial charge in [-0.3, -0.25) is 37.3 Å². The average molecular weight is 1330 g/mol.